The van der Waals surface area contributed by atoms with Gasteiger partial charge in [-0.25, -0.2) is 0 Å². The molecule has 2 atom stereocenters. The molecule has 0 amide bonds. The van der Waals surface area contributed by atoms with Gasteiger partial charge in [-0.2, -0.15) is 0 Å². The van der Waals surface area contributed by atoms with Gasteiger partial charge in [-0.1, -0.05) is 0 Å². The molecular weight excluding hydrogens is 378 g/mol. The topological polar surface area (TPSA) is 12.4 Å². The van der Waals surface area contributed by atoms with E-state index in [1.165, 1.54) is 10.6 Å². The predicted octanol–water partition coefficient (Wildman–Crippen LogP) is 2.87. The van der Waals surface area contributed by atoms with Crippen LogP contribution >= 0.6 is 12.7 Å². The van der Waals surface area contributed by atoms with Crippen LogP contribution in [0.25, 0.3) is 0 Å². The summed E-state index contributed by atoms with van der Waals surface area (Å²) in [4.78, 5) is 0. The maximum absolute atomic E-state index is 4.84. The van der Waals surface area contributed by atoms with Crippen LogP contribution in [0.5, 0.6) is 0 Å². The van der Waals surface area contributed by atoms with E-state index in [4.69, 9.17) is 4.52 Å². The van der Waals surface area contributed by atoms with E-state index in [0.29, 0.717) is 0 Å². The summed E-state index contributed by atoms with van der Waals surface area (Å²) >= 11 is 6.38. The molecule has 0 aromatic heterocycles. The van der Waals surface area contributed by atoms with Gasteiger partial charge in [0.15, 0.2) is 0 Å². The van der Waals surface area contributed by atoms with Crippen LogP contribution in [0, 0.1) is 0 Å². The number of benzene rings is 2. The van der Waals surface area contributed by atoms with Gasteiger partial charge in [0.25, 0.3) is 0 Å². The molecule has 0 saturated heterocycles. The van der Waals surface area contributed by atoms with Crippen LogP contribution in [0.2, 0.25) is 0 Å². The fourth-order valence-corrected chi connectivity index (χ4v) is 9.96. The number of nitrogens with zero attached hydrogens (tertiary/aromatic N) is 1. The van der Waals surface area contributed by atoms with Gasteiger partial charge in [0.1, 0.15) is 0 Å². The summed E-state index contributed by atoms with van der Waals surface area (Å²) in [6.45, 7) is 0. The Kier molecular flexibility index (Phi) is 5.26. The van der Waals surface area contributed by atoms with Crippen molar-refractivity contribution in [3.8, 4) is 0 Å². The second-order valence-corrected chi connectivity index (χ2v) is 10.5. The van der Waals surface area contributed by atoms with Gasteiger partial charge in [-0.15, -0.1) is 0 Å². The maximum atomic E-state index is 4.84. The molecule has 0 spiro atoms. The Hall–Kier alpha value is -0.121. The van der Waals surface area contributed by atoms with Crippen molar-refractivity contribution in [2.45, 2.75) is 0 Å². The molecule has 0 aliphatic carbocycles. The number of hydrogen-bond acceptors (Lipinski definition) is 1. The first kappa shape index (κ1) is 13.3. The van der Waals surface area contributed by atoms with Crippen molar-refractivity contribution in [3.63, 3.8) is 0 Å². The fraction of sp³-hybridized carbons (Fsp3) is 0. The molecule has 2 aromatic carbocycles. The van der Waals surface area contributed by atoms with Gasteiger partial charge in [-0.05, 0) is 0 Å². The standard InChI is InChI=1S/C12H10NP2Se2/c16-14(11-7-3-1-4-8-11)13-15(17)12-9-5-2-6-10-12/h1-10H/q+2. The van der Waals surface area contributed by atoms with Crippen LogP contribution < -0.4 is 10.6 Å². The van der Waals surface area contributed by atoms with Gasteiger partial charge in [0, 0.05) is 0 Å². The van der Waals surface area contributed by atoms with E-state index in [9.17, 15) is 0 Å². The molecule has 5 heteroatoms. The van der Waals surface area contributed by atoms with Crippen molar-refractivity contribution in [1.29, 1.82) is 0 Å². The summed E-state index contributed by atoms with van der Waals surface area (Å²) in [7, 11) is 0. The van der Waals surface area contributed by atoms with Crippen molar-refractivity contribution < 1.29 is 0 Å². The zero-order chi connectivity index (χ0) is 12.1. The van der Waals surface area contributed by atoms with Gasteiger partial charge in [0.05, 0.1) is 0 Å². The molecule has 2 unspecified atom stereocenters. The minimum atomic E-state index is -0.541. The van der Waals surface area contributed by atoms with E-state index in [2.05, 4.69) is 79.2 Å². The third-order valence-corrected chi connectivity index (χ3v) is 10.3. The van der Waals surface area contributed by atoms with E-state index >= 15 is 0 Å². The Balaban J connectivity index is 2.24. The molecule has 17 heavy (non-hydrogen) atoms. The molecule has 0 bridgehead atoms. The minimum absolute atomic E-state index is 0.541. The Morgan fingerprint density at radius 2 is 1.24 bits per heavy atom. The molecule has 0 heterocycles. The second-order valence-electron chi connectivity index (χ2n) is 3.31. The molecule has 0 aliphatic heterocycles. The molecule has 0 aliphatic rings. The summed E-state index contributed by atoms with van der Waals surface area (Å²) in [5.74, 6) is 0. The molecule has 83 valence electrons. The van der Waals surface area contributed by atoms with Gasteiger partial charge < -0.3 is 0 Å². The first-order valence-electron chi connectivity index (χ1n) is 5.03. The van der Waals surface area contributed by atoms with Gasteiger partial charge in [0.2, 0.25) is 0 Å². The molecule has 1 nitrogen and oxygen atoms in total. The third kappa shape index (κ3) is 3.94. The third-order valence-electron chi connectivity index (χ3n) is 2.12. The zero-order valence-electron chi connectivity index (χ0n) is 8.93. The van der Waals surface area contributed by atoms with E-state index in [-0.39, 0.29) is 0 Å². The van der Waals surface area contributed by atoms with E-state index in [1.54, 1.807) is 0 Å². The summed E-state index contributed by atoms with van der Waals surface area (Å²) < 4.78 is 4.84. The quantitative estimate of drug-likeness (QED) is 0.567. The van der Waals surface area contributed by atoms with Crippen molar-refractivity contribution >= 4 is 54.0 Å². The summed E-state index contributed by atoms with van der Waals surface area (Å²) in [6.07, 6.45) is -1.08. The SMILES string of the molecule is [Se]/[P+](=N\[P+](=[Se])c1ccccc1)c1ccccc1. The summed E-state index contributed by atoms with van der Waals surface area (Å²) in [6, 6.07) is 20.8. The van der Waals surface area contributed by atoms with Crippen LogP contribution in [-0.2, 0) is 0 Å². The summed E-state index contributed by atoms with van der Waals surface area (Å²) in [5, 5.41) is 2.56. The zero-order valence-corrected chi connectivity index (χ0v) is 14.1. The Labute approximate surface area is 119 Å². The molecule has 2 aromatic rings. The Morgan fingerprint density at radius 3 is 1.76 bits per heavy atom. The Morgan fingerprint density at radius 1 is 0.765 bits per heavy atom. The van der Waals surface area contributed by atoms with Crippen molar-refractivity contribution in [2.24, 2.45) is 4.52 Å². The van der Waals surface area contributed by atoms with Crippen LogP contribution in [0.1, 0.15) is 0 Å². The average Bonchev–Trinajstić information content (AvgIpc) is 2.40. The van der Waals surface area contributed by atoms with Gasteiger partial charge >= 0.3 is 119 Å². The van der Waals surface area contributed by atoms with E-state index < -0.39 is 12.7 Å². The van der Waals surface area contributed by atoms with Crippen LogP contribution in [-0.4, -0.2) is 30.7 Å². The monoisotopic (exact) mass is 390 g/mol. The normalized spacial score (nSPS) is 12.3. The van der Waals surface area contributed by atoms with Crippen LogP contribution in [0.15, 0.2) is 65.2 Å². The molecule has 0 saturated carbocycles. The van der Waals surface area contributed by atoms with Crippen molar-refractivity contribution in [2.75, 3.05) is 0 Å². The van der Waals surface area contributed by atoms with Crippen LogP contribution in [0.3, 0.4) is 0 Å². The van der Waals surface area contributed by atoms with Crippen molar-refractivity contribution in [1.82, 2.24) is 0 Å². The van der Waals surface area contributed by atoms with E-state index in [1.807, 2.05) is 12.1 Å². The van der Waals surface area contributed by atoms with E-state index in [0.717, 1.165) is 0 Å². The molecule has 0 N–H and O–H groups in total. The number of hydrogen-bond donors (Lipinski definition) is 0. The molecule has 2 rings (SSSR count). The average molecular weight is 388 g/mol. The molecule has 0 fully saturated rings. The second kappa shape index (κ2) is 6.72. The van der Waals surface area contributed by atoms with Gasteiger partial charge in [-0.3, -0.25) is 0 Å². The first-order chi connectivity index (χ1) is 8.27. The predicted molar refractivity (Wildman–Crippen MR) is 79.9 cm³/mol. The van der Waals surface area contributed by atoms with Crippen LogP contribution in [0.4, 0.5) is 0 Å². The fourth-order valence-electron chi connectivity index (χ4n) is 1.29. The Bertz CT molecular complexity index is 541. The molecule has 1 radical (unpaired) electrons. The van der Waals surface area contributed by atoms with Crippen molar-refractivity contribution in [3.05, 3.63) is 60.7 Å². The summed E-state index contributed by atoms with van der Waals surface area (Å²) in [5.41, 5.74) is 0. The number of rotatable bonds is 3. The first-order valence-corrected chi connectivity index (χ1v) is 12.1. The molecular formula is C12H10NP2Se2+2.